The summed E-state index contributed by atoms with van der Waals surface area (Å²) >= 11 is 2.83. The van der Waals surface area contributed by atoms with E-state index in [0.29, 0.717) is 70.9 Å². The van der Waals surface area contributed by atoms with Crippen molar-refractivity contribution in [3.63, 3.8) is 0 Å². The second-order valence-electron chi connectivity index (χ2n) is 9.80. The fraction of sp³-hybridized carbons (Fsp3) is 0.500. The number of thioether (sulfide) groups is 2. The van der Waals surface area contributed by atoms with Crippen LogP contribution in [0.1, 0.15) is 39.1 Å². The zero-order chi connectivity index (χ0) is 30.9. The van der Waals surface area contributed by atoms with Gasteiger partial charge < -0.3 is 29.2 Å². The number of nitrogens with zero attached hydrogens (tertiary/aromatic N) is 4. The maximum absolute atomic E-state index is 11.6. The number of carbonyl (C=O) groups excluding carboxylic acids is 2. The minimum absolute atomic E-state index is 0.00279. The second-order valence-corrected chi connectivity index (χ2v) is 11.7. The molecule has 0 saturated heterocycles. The predicted octanol–water partition coefficient (Wildman–Crippen LogP) is 3.31. The van der Waals surface area contributed by atoms with Crippen molar-refractivity contribution in [1.82, 2.24) is 9.97 Å². The molecule has 2 aromatic heterocycles. The molecule has 42 heavy (non-hydrogen) atoms. The van der Waals surface area contributed by atoms with Crippen LogP contribution in [0.3, 0.4) is 0 Å². The molecule has 4 heterocycles. The number of aromatic hydroxyl groups is 2. The van der Waals surface area contributed by atoms with Crippen LogP contribution in [0.25, 0.3) is 0 Å². The van der Waals surface area contributed by atoms with Crippen molar-refractivity contribution < 1.29 is 38.7 Å². The zero-order valence-corrected chi connectivity index (χ0v) is 26.1. The second kappa shape index (κ2) is 14.8. The molecule has 0 bridgehead atoms. The smallest absolute Gasteiger partial charge is 0.186 e. The van der Waals surface area contributed by atoms with Crippen molar-refractivity contribution in [2.24, 2.45) is 9.98 Å². The summed E-state index contributed by atoms with van der Waals surface area (Å²) in [7, 11) is 3.16. The minimum atomic E-state index is -0.749. The van der Waals surface area contributed by atoms with Crippen LogP contribution in [0, 0.1) is 0 Å². The lowest BCUT2D eigenvalue weighted by Crippen LogP contribution is -2.31. The Balaban J connectivity index is 0.000000230. The molecule has 0 radical (unpaired) electrons. The SMILES string of the molecule is COCCOc1ccnc(C2=N[C@@](C)(C(C)=O)CS2)c1O.COCCOc1cnc(C2=N[C@@](C)(C(C)=O)CS2)c(O)c1. The monoisotopic (exact) mass is 620 g/mol. The molecule has 0 spiro atoms. The highest BCUT2D eigenvalue weighted by Gasteiger charge is 2.38. The topological polar surface area (TPSA) is 162 Å². The molecule has 0 aliphatic carbocycles. The molecule has 2 atom stereocenters. The van der Waals surface area contributed by atoms with E-state index in [2.05, 4.69) is 20.0 Å². The lowest BCUT2D eigenvalue weighted by Gasteiger charge is -2.14. The summed E-state index contributed by atoms with van der Waals surface area (Å²) in [5.41, 5.74) is -0.757. The van der Waals surface area contributed by atoms with Crippen LogP contribution in [-0.2, 0) is 19.1 Å². The van der Waals surface area contributed by atoms with Crippen molar-refractivity contribution >= 4 is 45.2 Å². The van der Waals surface area contributed by atoms with E-state index in [-0.39, 0.29) is 23.1 Å². The Bertz CT molecular complexity index is 1360. The number of pyridine rings is 2. The van der Waals surface area contributed by atoms with Crippen LogP contribution >= 0.6 is 23.5 Å². The quantitative estimate of drug-likeness (QED) is 0.334. The molecule has 2 aliphatic rings. The summed E-state index contributed by atoms with van der Waals surface area (Å²) in [5, 5.41) is 21.4. The molecule has 12 nitrogen and oxygen atoms in total. The first-order valence-corrected chi connectivity index (χ1v) is 15.0. The standard InChI is InChI=1S/2C14H18N2O4S/c1-9(17)14(2)8-21-13(16-14)12-11(18)6-10(7-15-12)20-5-4-19-3;1-9(17)14(2)8-21-13(16-14)11-12(18)10(4-5-15-11)20-7-6-19-3/h6-7,18H,4-5,8H2,1-3H3;4-5,18H,6-8H2,1-3H3/t2*14-/m11/s1. The lowest BCUT2D eigenvalue weighted by atomic mass is 10.0. The number of rotatable bonds is 12. The number of hydrogen-bond acceptors (Lipinski definition) is 14. The molecule has 4 rings (SSSR count). The predicted molar refractivity (Wildman–Crippen MR) is 163 cm³/mol. The average Bonchev–Trinajstić information content (AvgIpc) is 3.55. The maximum Gasteiger partial charge on any atom is 0.186 e. The van der Waals surface area contributed by atoms with Crippen molar-refractivity contribution in [1.29, 1.82) is 0 Å². The van der Waals surface area contributed by atoms with Gasteiger partial charge in [0.1, 0.15) is 57.3 Å². The van der Waals surface area contributed by atoms with Crippen LogP contribution in [0.4, 0.5) is 0 Å². The third-order valence-electron chi connectivity index (χ3n) is 6.43. The number of hydrogen-bond donors (Lipinski definition) is 2. The highest BCUT2D eigenvalue weighted by atomic mass is 32.2. The van der Waals surface area contributed by atoms with Crippen LogP contribution < -0.4 is 9.47 Å². The Morgan fingerprint density at radius 1 is 0.857 bits per heavy atom. The molecule has 0 fully saturated rings. The molecule has 0 amide bonds. The number of aromatic nitrogens is 2. The molecular weight excluding hydrogens is 584 g/mol. The van der Waals surface area contributed by atoms with E-state index < -0.39 is 11.1 Å². The first-order valence-electron chi connectivity index (χ1n) is 13.0. The minimum Gasteiger partial charge on any atom is -0.505 e. The summed E-state index contributed by atoms with van der Waals surface area (Å²) in [6.07, 6.45) is 3.07. The van der Waals surface area contributed by atoms with Gasteiger partial charge in [-0.05, 0) is 27.7 Å². The lowest BCUT2D eigenvalue weighted by molar-refractivity contribution is -0.121. The first-order chi connectivity index (χ1) is 19.9. The van der Waals surface area contributed by atoms with Gasteiger partial charge in [0.25, 0.3) is 0 Å². The Morgan fingerprint density at radius 3 is 1.90 bits per heavy atom. The molecule has 2 aromatic rings. The Kier molecular flexibility index (Phi) is 11.7. The number of carbonyl (C=O) groups is 2. The third kappa shape index (κ3) is 8.21. The molecular formula is C28H36N4O8S2. The number of Topliss-reactive ketones (excluding diaryl/α,β-unsaturated/α-hetero) is 2. The number of methoxy groups -OCH3 is 2. The number of aliphatic imine (C=N–C) groups is 2. The van der Waals surface area contributed by atoms with Gasteiger partial charge in [0.2, 0.25) is 0 Å². The van der Waals surface area contributed by atoms with Gasteiger partial charge >= 0.3 is 0 Å². The van der Waals surface area contributed by atoms with Gasteiger partial charge in [-0.25, -0.2) is 9.97 Å². The number of ether oxygens (including phenoxy) is 4. The van der Waals surface area contributed by atoms with Crippen LogP contribution in [0.5, 0.6) is 23.0 Å². The summed E-state index contributed by atoms with van der Waals surface area (Å²) in [6, 6.07) is 3.07. The number of ketones is 2. The van der Waals surface area contributed by atoms with Gasteiger partial charge in [-0.2, -0.15) is 0 Å². The van der Waals surface area contributed by atoms with Crippen molar-refractivity contribution in [2.75, 3.05) is 52.2 Å². The van der Waals surface area contributed by atoms with Gasteiger partial charge in [-0.3, -0.25) is 19.6 Å². The van der Waals surface area contributed by atoms with Crippen molar-refractivity contribution in [2.45, 2.75) is 38.8 Å². The van der Waals surface area contributed by atoms with Gasteiger partial charge in [-0.1, -0.05) is 0 Å². The Morgan fingerprint density at radius 2 is 1.40 bits per heavy atom. The zero-order valence-electron chi connectivity index (χ0n) is 24.5. The Labute approximate surface area is 253 Å². The average molecular weight is 621 g/mol. The van der Waals surface area contributed by atoms with E-state index in [1.54, 1.807) is 40.3 Å². The van der Waals surface area contributed by atoms with Crippen molar-refractivity contribution in [3.05, 3.63) is 35.9 Å². The van der Waals surface area contributed by atoms with Crippen LogP contribution in [0.2, 0.25) is 0 Å². The normalized spacial score (nSPS) is 21.2. The molecule has 0 unspecified atom stereocenters. The summed E-state index contributed by atoms with van der Waals surface area (Å²) in [6.45, 7) is 8.21. The summed E-state index contributed by atoms with van der Waals surface area (Å²) < 4.78 is 20.6. The fourth-order valence-corrected chi connectivity index (χ4v) is 5.95. The van der Waals surface area contributed by atoms with Gasteiger partial charge in [-0.15, -0.1) is 23.5 Å². The van der Waals surface area contributed by atoms with E-state index in [1.165, 1.54) is 49.6 Å². The van der Waals surface area contributed by atoms with Crippen LogP contribution in [0.15, 0.2) is 34.5 Å². The molecule has 2 aliphatic heterocycles. The fourth-order valence-electron chi connectivity index (χ4n) is 3.46. The molecule has 0 aromatic carbocycles. The summed E-state index contributed by atoms with van der Waals surface area (Å²) in [4.78, 5) is 40.4. The van der Waals surface area contributed by atoms with Gasteiger partial charge in [0.05, 0.1) is 19.4 Å². The third-order valence-corrected chi connectivity index (χ3v) is 8.96. The van der Waals surface area contributed by atoms with Crippen LogP contribution in [-0.4, -0.2) is 105 Å². The molecule has 2 N–H and O–H groups in total. The van der Waals surface area contributed by atoms with Gasteiger partial charge in [0, 0.05) is 44.1 Å². The summed E-state index contributed by atoms with van der Waals surface area (Å²) in [5.74, 6) is 1.83. The van der Waals surface area contributed by atoms with Gasteiger partial charge in [0.15, 0.2) is 23.1 Å². The highest BCUT2D eigenvalue weighted by Crippen LogP contribution is 2.37. The van der Waals surface area contributed by atoms with Crippen molar-refractivity contribution in [3.8, 4) is 23.0 Å². The van der Waals surface area contributed by atoms with E-state index >= 15 is 0 Å². The highest BCUT2D eigenvalue weighted by molar-refractivity contribution is 8.15. The molecule has 0 saturated carbocycles. The molecule has 14 heteroatoms. The van der Waals surface area contributed by atoms with E-state index in [0.717, 1.165) is 0 Å². The van der Waals surface area contributed by atoms with E-state index in [9.17, 15) is 19.8 Å². The maximum atomic E-state index is 11.6. The van der Waals surface area contributed by atoms with E-state index in [4.69, 9.17) is 18.9 Å². The largest absolute Gasteiger partial charge is 0.505 e. The first kappa shape index (κ1) is 33.3. The molecule has 228 valence electrons. The van der Waals surface area contributed by atoms with E-state index in [1.807, 2.05) is 0 Å². The Hall–Kier alpha value is -3.20.